The number of amides is 1. The van der Waals surface area contributed by atoms with Crippen LogP contribution in [0.15, 0.2) is 48.5 Å². The minimum Gasteiger partial charge on any atom is -0.492 e. The molecule has 0 aliphatic carbocycles. The summed E-state index contributed by atoms with van der Waals surface area (Å²) in [5.74, 6) is 0.921. The third kappa shape index (κ3) is 4.29. The summed E-state index contributed by atoms with van der Waals surface area (Å²) in [7, 11) is 4.00. The number of Topliss-reactive ketones (excluding diaryl/α,β-unsaturated/α-hetero) is 1. The molecule has 1 atom stereocenters. The summed E-state index contributed by atoms with van der Waals surface area (Å²) in [5.41, 5.74) is 10.6. The topological polar surface area (TPSA) is 91.7 Å². The number of benzene rings is 3. The van der Waals surface area contributed by atoms with Crippen molar-refractivity contribution in [3.05, 3.63) is 65.4 Å². The van der Waals surface area contributed by atoms with E-state index in [1.165, 1.54) is 6.92 Å². The number of halogens is 1. The Morgan fingerprint density at radius 1 is 1.14 bits per heavy atom. The van der Waals surface area contributed by atoms with Crippen LogP contribution in [0.2, 0.25) is 0 Å². The molecule has 1 aliphatic rings. The lowest BCUT2D eigenvalue weighted by atomic mass is 9.93. The van der Waals surface area contributed by atoms with Gasteiger partial charge in [-0.15, -0.1) is 11.6 Å². The molecule has 3 aromatic carbocycles. The third-order valence-corrected chi connectivity index (χ3v) is 7.13. The maximum Gasteiger partial charge on any atom is 0.274 e. The standard InChI is InChI=1S/C28H29ClN4O3/c1-16(34)17-4-6-21-22(11-17)23(30)13-26-27(21)19(14-29)15-33(26)28(35)25-12-18-10-20(5-7-24(18)31-25)36-9-8-32(2)3/h4-7,10-13,19,31H,8-9,14-15,30H2,1-3H3. The largest absolute Gasteiger partial charge is 0.492 e. The Labute approximate surface area is 214 Å². The second-order valence-electron chi connectivity index (χ2n) is 9.57. The number of hydrogen-bond donors (Lipinski definition) is 2. The normalized spacial score (nSPS) is 15.1. The molecule has 5 rings (SSSR count). The Bertz CT molecular complexity index is 1490. The van der Waals surface area contributed by atoms with Gasteiger partial charge in [-0.2, -0.15) is 0 Å². The van der Waals surface area contributed by atoms with Crippen molar-refractivity contribution in [2.24, 2.45) is 0 Å². The van der Waals surface area contributed by atoms with Crippen molar-refractivity contribution in [3.8, 4) is 5.75 Å². The molecule has 1 unspecified atom stereocenters. The fourth-order valence-corrected chi connectivity index (χ4v) is 5.12. The predicted octanol–water partition coefficient (Wildman–Crippen LogP) is 5.03. The van der Waals surface area contributed by atoms with E-state index in [2.05, 4.69) is 9.88 Å². The number of ether oxygens (including phenoxy) is 1. The number of hydrogen-bond acceptors (Lipinski definition) is 5. The first-order chi connectivity index (χ1) is 17.3. The highest BCUT2D eigenvalue weighted by Crippen LogP contribution is 2.45. The van der Waals surface area contributed by atoms with Crippen molar-refractivity contribution in [2.75, 3.05) is 50.3 Å². The van der Waals surface area contributed by atoms with Crippen molar-refractivity contribution in [1.29, 1.82) is 0 Å². The minimum absolute atomic E-state index is 0.0208. The Hall–Kier alpha value is -3.55. The fraction of sp³-hybridized carbons (Fsp3) is 0.286. The second-order valence-corrected chi connectivity index (χ2v) is 9.87. The number of nitrogens with zero attached hydrogens (tertiary/aromatic N) is 2. The van der Waals surface area contributed by atoms with Gasteiger partial charge in [0.2, 0.25) is 0 Å². The van der Waals surface area contributed by atoms with Crippen LogP contribution in [-0.2, 0) is 0 Å². The molecule has 1 amide bonds. The number of likely N-dealkylation sites (N-methyl/N-ethyl adjacent to an activating group) is 1. The number of carbonyl (C=O) groups excluding carboxylic acids is 2. The van der Waals surface area contributed by atoms with Crippen LogP contribution in [0.4, 0.5) is 11.4 Å². The van der Waals surface area contributed by atoms with Gasteiger partial charge in [0.05, 0.1) is 5.69 Å². The molecule has 7 nitrogen and oxygen atoms in total. The summed E-state index contributed by atoms with van der Waals surface area (Å²) >= 11 is 6.37. The number of H-pyrrole nitrogens is 1. The molecular formula is C28H29ClN4O3. The molecule has 0 saturated carbocycles. The first-order valence-corrected chi connectivity index (χ1v) is 12.5. The third-order valence-electron chi connectivity index (χ3n) is 6.76. The zero-order chi connectivity index (χ0) is 25.6. The number of alkyl halides is 1. The average molecular weight is 505 g/mol. The number of nitrogens with one attached hydrogen (secondary N) is 1. The molecule has 0 saturated heterocycles. The summed E-state index contributed by atoms with van der Waals surface area (Å²) < 4.78 is 5.85. The first kappa shape index (κ1) is 24.2. The predicted molar refractivity (Wildman–Crippen MR) is 146 cm³/mol. The van der Waals surface area contributed by atoms with Crippen molar-refractivity contribution in [2.45, 2.75) is 12.8 Å². The average Bonchev–Trinajstić information content (AvgIpc) is 3.44. The highest BCUT2D eigenvalue weighted by Gasteiger charge is 2.35. The van der Waals surface area contributed by atoms with Crippen molar-refractivity contribution in [3.63, 3.8) is 0 Å². The molecule has 1 aromatic heterocycles. The van der Waals surface area contributed by atoms with Crippen molar-refractivity contribution < 1.29 is 14.3 Å². The number of aromatic nitrogens is 1. The van der Waals surface area contributed by atoms with E-state index in [0.717, 1.165) is 45.2 Å². The highest BCUT2D eigenvalue weighted by atomic mass is 35.5. The summed E-state index contributed by atoms with van der Waals surface area (Å²) in [4.78, 5) is 32.7. The number of fused-ring (bicyclic) bond motifs is 4. The Morgan fingerprint density at radius 2 is 1.94 bits per heavy atom. The van der Waals surface area contributed by atoms with Crippen LogP contribution >= 0.6 is 11.6 Å². The van der Waals surface area contributed by atoms with Gasteiger partial charge >= 0.3 is 0 Å². The molecular weight excluding hydrogens is 476 g/mol. The van der Waals surface area contributed by atoms with E-state index in [4.69, 9.17) is 22.1 Å². The molecule has 3 N–H and O–H groups in total. The molecule has 0 fully saturated rings. The second kappa shape index (κ2) is 9.48. The molecule has 0 bridgehead atoms. The molecule has 0 radical (unpaired) electrons. The smallest absolute Gasteiger partial charge is 0.274 e. The molecule has 186 valence electrons. The van der Waals surface area contributed by atoms with Crippen molar-refractivity contribution >= 4 is 56.3 Å². The molecule has 8 heteroatoms. The zero-order valence-corrected chi connectivity index (χ0v) is 21.4. The lowest BCUT2D eigenvalue weighted by molar-refractivity contribution is 0.0982. The summed E-state index contributed by atoms with van der Waals surface area (Å²) in [5, 5.41) is 2.63. The Kier molecular flexibility index (Phi) is 6.36. The summed E-state index contributed by atoms with van der Waals surface area (Å²) in [6, 6.07) is 15.0. The minimum atomic E-state index is -0.144. The van der Waals surface area contributed by atoms with Crippen LogP contribution in [0.1, 0.15) is 39.3 Å². The van der Waals surface area contributed by atoms with E-state index < -0.39 is 0 Å². The number of rotatable bonds is 7. The molecule has 36 heavy (non-hydrogen) atoms. The number of anilines is 2. The molecule has 1 aliphatic heterocycles. The van der Waals surface area contributed by atoms with Gasteiger partial charge in [0.25, 0.3) is 5.91 Å². The number of aromatic amines is 1. The van der Waals surface area contributed by atoms with Gasteiger partial charge in [-0.3, -0.25) is 9.59 Å². The van der Waals surface area contributed by atoms with Gasteiger partial charge in [-0.25, -0.2) is 0 Å². The van der Waals surface area contributed by atoms with E-state index in [-0.39, 0.29) is 17.6 Å². The van der Waals surface area contributed by atoms with Crippen LogP contribution < -0.4 is 15.4 Å². The van der Waals surface area contributed by atoms with E-state index in [1.807, 2.05) is 56.6 Å². The lowest BCUT2D eigenvalue weighted by Gasteiger charge is -2.18. The van der Waals surface area contributed by atoms with Crippen molar-refractivity contribution in [1.82, 2.24) is 9.88 Å². The van der Waals surface area contributed by atoms with Crippen LogP contribution in [0, 0.1) is 0 Å². The summed E-state index contributed by atoms with van der Waals surface area (Å²) in [6.45, 7) is 3.39. The van der Waals surface area contributed by atoms with E-state index in [0.29, 0.717) is 36.0 Å². The highest BCUT2D eigenvalue weighted by molar-refractivity contribution is 6.19. The Morgan fingerprint density at radius 3 is 2.67 bits per heavy atom. The quantitative estimate of drug-likeness (QED) is 0.209. The maximum absolute atomic E-state index is 13.7. The summed E-state index contributed by atoms with van der Waals surface area (Å²) in [6.07, 6.45) is 0. The first-order valence-electron chi connectivity index (χ1n) is 11.9. The van der Waals surface area contributed by atoms with Gasteiger partial charge in [0.15, 0.2) is 5.78 Å². The molecule has 4 aromatic rings. The van der Waals surface area contributed by atoms with E-state index in [9.17, 15) is 9.59 Å². The van der Waals surface area contributed by atoms with Gasteiger partial charge < -0.3 is 25.3 Å². The van der Waals surface area contributed by atoms with Gasteiger partial charge in [0.1, 0.15) is 18.1 Å². The fourth-order valence-electron chi connectivity index (χ4n) is 4.87. The van der Waals surface area contributed by atoms with E-state index in [1.54, 1.807) is 11.0 Å². The molecule has 2 heterocycles. The number of nitrogen functional groups attached to an aromatic ring is 1. The lowest BCUT2D eigenvalue weighted by Crippen LogP contribution is -2.30. The van der Waals surface area contributed by atoms with Gasteiger partial charge in [0, 0.05) is 52.4 Å². The van der Waals surface area contributed by atoms with Crippen LogP contribution in [-0.4, -0.2) is 61.2 Å². The van der Waals surface area contributed by atoms with Crippen LogP contribution in [0.3, 0.4) is 0 Å². The maximum atomic E-state index is 13.7. The zero-order valence-electron chi connectivity index (χ0n) is 20.6. The number of carbonyl (C=O) groups is 2. The monoisotopic (exact) mass is 504 g/mol. The van der Waals surface area contributed by atoms with Crippen LogP contribution in [0.25, 0.3) is 21.7 Å². The number of ketones is 1. The number of nitrogens with two attached hydrogens (primary N) is 1. The Balaban J connectivity index is 1.49. The van der Waals surface area contributed by atoms with Crippen LogP contribution in [0.5, 0.6) is 5.75 Å². The SMILES string of the molecule is CC(=O)c1ccc2c3c(cc(N)c2c1)N(C(=O)c1cc2cc(OCCN(C)C)ccc2[nH]1)CC3CCl. The molecule has 0 spiro atoms. The van der Waals surface area contributed by atoms with Gasteiger partial charge in [-0.1, -0.05) is 12.1 Å². The van der Waals surface area contributed by atoms with Gasteiger partial charge in [-0.05, 0) is 68.4 Å². The van der Waals surface area contributed by atoms with E-state index >= 15 is 0 Å².